The summed E-state index contributed by atoms with van der Waals surface area (Å²) in [5.74, 6) is 0.481. The number of aromatic nitrogens is 2. The summed E-state index contributed by atoms with van der Waals surface area (Å²) in [4.78, 5) is 2.60. The van der Waals surface area contributed by atoms with Gasteiger partial charge in [-0.25, -0.2) is 0 Å². The van der Waals surface area contributed by atoms with Gasteiger partial charge >= 0.3 is 0 Å². The number of benzene rings is 1. The molecule has 1 saturated heterocycles. The fourth-order valence-electron chi connectivity index (χ4n) is 5.35. The van der Waals surface area contributed by atoms with Crippen molar-refractivity contribution in [2.75, 3.05) is 26.2 Å². The normalized spacial score (nSPS) is 24.9. The van der Waals surface area contributed by atoms with Crippen molar-refractivity contribution in [3.63, 3.8) is 0 Å². The zero-order valence-electron chi connectivity index (χ0n) is 17.7. The lowest BCUT2D eigenvalue weighted by molar-refractivity contribution is 0.00963. The number of nitriles is 1. The lowest BCUT2D eigenvalue weighted by Crippen LogP contribution is -2.56. The molecule has 30 heavy (non-hydrogen) atoms. The first-order chi connectivity index (χ1) is 14.4. The van der Waals surface area contributed by atoms with E-state index in [1.54, 1.807) is 0 Å². The molecule has 2 aliphatic rings. The molecule has 1 atom stereocenters. The van der Waals surface area contributed by atoms with E-state index < -0.39 is 0 Å². The van der Waals surface area contributed by atoms with Gasteiger partial charge in [-0.05, 0) is 57.1 Å². The topological polar surface area (TPSA) is 56.9 Å². The molecule has 1 aromatic carbocycles. The summed E-state index contributed by atoms with van der Waals surface area (Å²) in [5.41, 5.74) is 2.47. The van der Waals surface area contributed by atoms with Crippen LogP contribution in [-0.2, 0) is 5.54 Å². The molecule has 0 spiro atoms. The lowest BCUT2D eigenvalue weighted by Gasteiger charge is -2.51. The quantitative estimate of drug-likeness (QED) is 0.724. The van der Waals surface area contributed by atoms with Gasteiger partial charge in [0.05, 0.1) is 27.3 Å². The average Bonchev–Trinajstić information content (AvgIpc) is 3.16. The number of nitrogens with zero attached hydrogens (tertiary/aromatic N) is 4. The van der Waals surface area contributed by atoms with Crippen LogP contribution in [-0.4, -0.2) is 40.9 Å². The molecule has 1 aliphatic carbocycles. The predicted molar refractivity (Wildman–Crippen MR) is 121 cm³/mol. The minimum absolute atomic E-state index is 0.160. The number of hydrogen-bond acceptors (Lipinski definition) is 4. The van der Waals surface area contributed by atoms with Crippen LogP contribution in [0.1, 0.15) is 55.5 Å². The molecule has 1 N–H and O–H groups in total. The predicted octanol–water partition coefficient (Wildman–Crippen LogP) is 4.92. The van der Waals surface area contributed by atoms with Gasteiger partial charge in [0.1, 0.15) is 6.07 Å². The second-order valence-electron chi connectivity index (χ2n) is 8.71. The van der Waals surface area contributed by atoms with Crippen LogP contribution in [0.25, 0.3) is 0 Å². The standard InChI is InChI=1S/C23H29Cl2N5/c1-16-17(14-26)15-30(28-16)19-8-6-18(7-9-19)23(2,29-12-10-27-11-13-29)20-4-3-5-21(24)22(20)25/h3-5,15,18-19,27H,6-13H2,1-2H3. The average molecular weight is 446 g/mol. The van der Waals surface area contributed by atoms with E-state index in [2.05, 4.69) is 34.4 Å². The van der Waals surface area contributed by atoms with E-state index in [1.807, 2.05) is 29.9 Å². The third kappa shape index (κ3) is 3.87. The maximum absolute atomic E-state index is 9.26. The summed E-state index contributed by atoms with van der Waals surface area (Å²) in [6, 6.07) is 8.63. The van der Waals surface area contributed by atoms with Crippen molar-refractivity contribution in [3.8, 4) is 6.07 Å². The Morgan fingerprint density at radius 2 is 1.87 bits per heavy atom. The Hall–Kier alpha value is -1.58. The molecule has 160 valence electrons. The second kappa shape index (κ2) is 8.88. The van der Waals surface area contributed by atoms with Crippen molar-refractivity contribution in [2.45, 2.75) is 51.1 Å². The molecule has 7 heteroatoms. The van der Waals surface area contributed by atoms with Crippen LogP contribution in [0.4, 0.5) is 0 Å². The van der Waals surface area contributed by atoms with Crippen molar-refractivity contribution in [1.82, 2.24) is 20.0 Å². The summed E-state index contributed by atoms with van der Waals surface area (Å²) in [7, 11) is 0. The van der Waals surface area contributed by atoms with Gasteiger partial charge in [-0.2, -0.15) is 10.4 Å². The van der Waals surface area contributed by atoms with E-state index in [1.165, 1.54) is 0 Å². The van der Waals surface area contributed by atoms with Crippen molar-refractivity contribution < 1.29 is 0 Å². The summed E-state index contributed by atoms with van der Waals surface area (Å²) in [5, 5.41) is 18.6. The molecule has 0 bridgehead atoms. The molecule has 5 nitrogen and oxygen atoms in total. The number of hydrogen-bond donors (Lipinski definition) is 1. The van der Waals surface area contributed by atoms with Crippen LogP contribution in [0, 0.1) is 24.2 Å². The Morgan fingerprint density at radius 3 is 2.50 bits per heavy atom. The van der Waals surface area contributed by atoms with Crippen molar-refractivity contribution >= 4 is 23.2 Å². The largest absolute Gasteiger partial charge is 0.314 e. The highest BCUT2D eigenvalue weighted by Crippen LogP contribution is 2.48. The SMILES string of the molecule is Cc1nn(C2CCC(C(C)(c3cccc(Cl)c3Cl)N3CCNCC3)CC2)cc1C#N. The Bertz CT molecular complexity index is 936. The van der Waals surface area contributed by atoms with Crippen molar-refractivity contribution in [3.05, 3.63) is 51.3 Å². The zero-order chi connectivity index (χ0) is 21.3. The molecule has 1 unspecified atom stereocenters. The van der Waals surface area contributed by atoms with Crippen molar-refractivity contribution in [2.24, 2.45) is 5.92 Å². The summed E-state index contributed by atoms with van der Waals surface area (Å²) < 4.78 is 2.01. The Labute approximate surface area is 189 Å². The summed E-state index contributed by atoms with van der Waals surface area (Å²) in [6.07, 6.45) is 6.19. The smallest absolute Gasteiger partial charge is 0.103 e. The van der Waals surface area contributed by atoms with Crippen LogP contribution < -0.4 is 5.32 Å². The van der Waals surface area contributed by atoms with Crippen LogP contribution >= 0.6 is 23.2 Å². The molecule has 2 fully saturated rings. The van der Waals surface area contributed by atoms with Crippen LogP contribution in [0.3, 0.4) is 0 Å². The van der Waals surface area contributed by atoms with Gasteiger partial charge < -0.3 is 5.32 Å². The van der Waals surface area contributed by atoms with Crippen molar-refractivity contribution in [1.29, 1.82) is 5.26 Å². The Balaban J connectivity index is 1.61. The molecule has 2 aromatic rings. The molecule has 1 aromatic heterocycles. The first kappa shape index (κ1) is 21.6. The molecular weight excluding hydrogens is 417 g/mol. The number of rotatable bonds is 4. The van der Waals surface area contributed by atoms with Gasteiger partial charge in [-0.1, -0.05) is 35.3 Å². The molecule has 0 amide bonds. The minimum atomic E-state index is -0.160. The highest BCUT2D eigenvalue weighted by molar-refractivity contribution is 6.42. The number of halogens is 2. The highest BCUT2D eigenvalue weighted by Gasteiger charge is 2.44. The van der Waals surface area contributed by atoms with Gasteiger partial charge in [0.15, 0.2) is 0 Å². The van der Waals surface area contributed by atoms with E-state index in [-0.39, 0.29) is 5.54 Å². The molecule has 2 heterocycles. The number of aryl methyl sites for hydroxylation is 1. The number of nitrogens with one attached hydrogen (secondary N) is 1. The Morgan fingerprint density at radius 1 is 1.17 bits per heavy atom. The molecule has 4 rings (SSSR count). The number of piperazine rings is 1. The monoisotopic (exact) mass is 445 g/mol. The highest BCUT2D eigenvalue weighted by atomic mass is 35.5. The van der Waals surface area contributed by atoms with Gasteiger partial charge in [0, 0.05) is 37.9 Å². The van der Waals surface area contributed by atoms with Gasteiger partial charge in [-0.15, -0.1) is 0 Å². The summed E-state index contributed by atoms with van der Waals surface area (Å²) in [6.45, 7) is 8.25. The fraction of sp³-hybridized carbons (Fsp3) is 0.565. The molecule has 0 radical (unpaired) electrons. The van der Waals surface area contributed by atoms with Crippen LogP contribution in [0.15, 0.2) is 24.4 Å². The Kier molecular flexibility index (Phi) is 6.41. The van der Waals surface area contributed by atoms with Gasteiger partial charge in [0.25, 0.3) is 0 Å². The van der Waals surface area contributed by atoms with E-state index in [0.717, 1.165) is 63.1 Å². The molecule has 1 saturated carbocycles. The molecular formula is C23H29Cl2N5. The second-order valence-corrected chi connectivity index (χ2v) is 9.50. The minimum Gasteiger partial charge on any atom is -0.314 e. The van der Waals surface area contributed by atoms with Gasteiger partial charge in [-0.3, -0.25) is 9.58 Å². The van der Waals surface area contributed by atoms with E-state index in [9.17, 15) is 5.26 Å². The van der Waals surface area contributed by atoms with Crippen LogP contribution in [0.2, 0.25) is 10.0 Å². The maximum atomic E-state index is 9.26. The first-order valence-corrected chi connectivity index (χ1v) is 11.6. The third-order valence-corrected chi connectivity index (χ3v) is 7.99. The zero-order valence-corrected chi connectivity index (χ0v) is 19.2. The fourth-order valence-corrected chi connectivity index (χ4v) is 5.85. The van der Waals surface area contributed by atoms with E-state index in [0.29, 0.717) is 27.6 Å². The lowest BCUT2D eigenvalue weighted by atomic mass is 9.69. The van der Waals surface area contributed by atoms with E-state index in [4.69, 9.17) is 23.2 Å². The van der Waals surface area contributed by atoms with Gasteiger partial charge in [0.2, 0.25) is 0 Å². The van der Waals surface area contributed by atoms with E-state index >= 15 is 0 Å². The van der Waals surface area contributed by atoms with Crippen LogP contribution in [0.5, 0.6) is 0 Å². The third-order valence-electron chi connectivity index (χ3n) is 7.17. The maximum Gasteiger partial charge on any atom is 0.103 e. The molecule has 1 aliphatic heterocycles. The first-order valence-electron chi connectivity index (χ1n) is 10.8. The summed E-state index contributed by atoms with van der Waals surface area (Å²) >= 11 is 13.2.